The van der Waals surface area contributed by atoms with Gasteiger partial charge in [-0.25, -0.2) is 4.39 Å². The molecule has 0 radical (unpaired) electrons. The molecule has 2 heterocycles. The van der Waals surface area contributed by atoms with Crippen LogP contribution < -0.4 is 10.6 Å². The molecule has 9 heteroatoms. The molecular weight excluding hydrogens is 439 g/mol. The number of aromatic amines is 1. The molecule has 180 valence electrons. The van der Waals surface area contributed by atoms with E-state index in [1.165, 1.54) is 12.1 Å². The number of likely N-dealkylation sites (tertiary alicyclic amines) is 1. The van der Waals surface area contributed by atoms with Crippen molar-refractivity contribution in [1.29, 1.82) is 0 Å². The topological polar surface area (TPSA) is 111 Å². The van der Waals surface area contributed by atoms with Gasteiger partial charge >= 0.3 is 0 Å². The number of nitrogens with zero attached hydrogens (tertiary/aromatic N) is 1. The Balaban J connectivity index is 1.36. The first kappa shape index (κ1) is 22.6. The lowest BCUT2D eigenvalue weighted by Gasteiger charge is -2.33. The highest BCUT2D eigenvalue weighted by Gasteiger charge is 2.69. The third-order valence-electron chi connectivity index (χ3n) is 7.84. The molecule has 1 aromatic carbocycles. The summed E-state index contributed by atoms with van der Waals surface area (Å²) in [7, 11) is 0. The summed E-state index contributed by atoms with van der Waals surface area (Å²) in [6, 6.07) is 3.93. The fraction of sp³-hybridized carbons (Fsp3) is 0.520. The minimum absolute atomic E-state index is 0.000103. The Bertz CT molecular complexity index is 1190. The number of piperidine rings is 1. The molecule has 8 nitrogen and oxygen atoms in total. The van der Waals surface area contributed by atoms with Gasteiger partial charge in [-0.2, -0.15) is 0 Å². The summed E-state index contributed by atoms with van der Waals surface area (Å²) in [4.78, 5) is 55.3. The SMILES string of the molecule is C[C@@H](C=O)NC(=O)[C@@H]1[C@@H]2[C@H](CN1C(=O)[C@@H](NC(=O)c1cc3c(F)cccc3[nH]1)C1CC1)C2(C)C. The fourth-order valence-electron chi connectivity index (χ4n) is 5.61. The number of amides is 3. The highest BCUT2D eigenvalue weighted by molar-refractivity contribution is 6.01. The maximum atomic E-state index is 14.1. The summed E-state index contributed by atoms with van der Waals surface area (Å²) < 4.78 is 14.1. The smallest absolute Gasteiger partial charge is 0.268 e. The van der Waals surface area contributed by atoms with Gasteiger partial charge < -0.3 is 25.3 Å². The molecule has 3 amide bonds. The molecule has 2 saturated carbocycles. The number of hydrogen-bond donors (Lipinski definition) is 3. The summed E-state index contributed by atoms with van der Waals surface area (Å²) in [6.07, 6.45) is 2.28. The van der Waals surface area contributed by atoms with Crippen LogP contribution in [-0.2, 0) is 14.4 Å². The van der Waals surface area contributed by atoms with Gasteiger partial charge in [0.2, 0.25) is 11.8 Å². The molecule has 5 rings (SSSR count). The molecule has 3 aliphatic rings. The Morgan fingerprint density at radius 2 is 1.97 bits per heavy atom. The largest absolute Gasteiger partial charge is 0.350 e. The summed E-state index contributed by atoms with van der Waals surface area (Å²) >= 11 is 0. The van der Waals surface area contributed by atoms with Crippen LogP contribution in [0.2, 0.25) is 0 Å². The van der Waals surface area contributed by atoms with E-state index < -0.39 is 29.8 Å². The molecule has 3 N–H and O–H groups in total. The van der Waals surface area contributed by atoms with E-state index in [0.717, 1.165) is 12.8 Å². The maximum absolute atomic E-state index is 14.1. The lowest BCUT2D eigenvalue weighted by molar-refractivity contribution is -0.142. The maximum Gasteiger partial charge on any atom is 0.268 e. The second kappa shape index (κ2) is 7.92. The quantitative estimate of drug-likeness (QED) is 0.540. The van der Waals surface area contributed by atoms with E-state index in [-0.39, 0.29) is 40.7 Å². The molecule has 3 fully saturated rings. The van der Waals surface area contributed by atoms with Crippen molar-refractivity contribution >= 4 is 34.9 Å². The zero-order valence-corrected chi connectivity index (χ0v) is 19.4. The van der Waals surface area contributed by atoms with Crippen molar-refractivity contribution in [3.63, 3.8) is 0 Å². The predicted molar refractivity (Wildman–Crippen MR) is 122 cm³/mol. The molecule has 0 spiro atoms. The van der Waals surface area contributed by atoms with Crippen LogP contribution in [0.1, 0.15) is 44.1 Å². The van der Waals surface area contributed by atoms with Gasteiger partial charge in [0, 0.05) is 17.4 Å². The molecule has 2 aliphatic carbocycles. The Labute approximate surface area is 196 Å². The average molecular weight is 469 g/mol. The van der Waals surface area contributed by atoms with Crippen molar-refractivity contribution in [2.45, 2.75) is 51.7 Å². The van der Waals surface area contributed by atoms with Gasteiger partial charge in [-0.05, 0) is 61.1 Å². The first-order chi connectivity index (χ1) is 16.1. The van der Waals surface area contributed by atoms with Crippen LogP contribution in [0, 0.1) is 29.0 Å². The third kappa shape index (κ3) is 3.67. The van der Waals surface area contributed by atoms with Crippen LogP contribution in [0.25, 0.3) is 10.9 Å². The summed E-state index contributed by atoms with van der Waals surface area (Å²) in [5, 5.41) is 5.85. The van der Waals surface area contributed by atoms with Gasteiger partial charge in [-0.1, -0.05) is 19.9 Å². The number of fused-ring (bicyclic) bond motifs is 2. The fourth-order valence-corrected chi connectivity index (χ4v) is 5.61. The summed E-state index contributed by atoms with van der Waals surface area (Å²) in [5.74, 6) is -1.31. The van der Waals surface area contributed by atoms with E-state index in [2.05, 4.69) is 29.5 Å². The number of benzene rings is 1. The van der Waals surface area contributed by atoms with Crippen LogP contribution in [-0.4, -0.2) is 58.6 Å². The van der Waals surface area contributed by atoms with Crippen LogP contribution in [0.5, 0.6) is 0 Å². The highest BCUT2D eigenvalue weighted by Crippen LogP contribution is 2.65. The van der Waals surface area contributed by atoms with Gasteiger partial charge in [0.1, 0.15) is 29.9 Å². The Kier molecular flexibility index (Phi) is 5.26. The van der Waals surface area contributed by atoms with Gasteiger partial charge in [0.15, 0.2) is 0 Å². The van der Waals surface area contributed by atoms with Crippen molar-refractivity contribution in [2.24, 2.45) is 23.2 Å². The van der Waals surface area contributed by atoms with Crippen molar-refractivity contribution in [2.75, 3.05) is 6.54 Å². The van der Waals surface area contributed by atoms with Crippen molar-refractivity contribution < 1.29 is 23.6 Å². The van der Waals surface area contributed by atoms with Crippen molar-refractivity contribution in [3.05, 3.63) is 35.8 Å². The molecule has 2 aromatic rings. The molecule has 1 aliphatic heterocycles. The normalized spacial score (nSPS) is 26.5. The van der Waals surface area contributed by atoms with Crippen molar-refractivity contribution in [3.8, 4) is 0 Å². The van der Waals surface area contributed by atoms with E-state index in [9.17, 15) is 23.6 Å². The summed E-state index contributed by atoms with van der Waals surface area (Å²) in [6.45, 7) is 6.21. The van der Waals surface area contributed by atoms with Crippen LogP contribution in [0.4, 0.5) is 4.39 Å². The monoisotopic (exact) mass is 468 g/mol. The van der Waals surface area contributed by atoms with Gasteiger partial charge in [0.05, 0.1) is 6.04 Å². The Morgan fingerprint density at radius 3 is 2.62 bits per heavy atom. The standard InChI is InChI=1S/C25H29FN4O4/c1-12(11-31)27-23(33)21-19-15(25(19,2)3)10-30(21)24(34)20(13-7-8-13)29-22(32)18-9-14-16(26)5-4-6-17(14)28-18/h4-6,9,11-13,15,19-21,28H,7-8,10H2,1-3H3,(H,27,33)(H,29,32)/t12-,15-,19-,20-,21-/m0/s1. The van der Waals surface area contributed by atoms with Gasteiger partial charge in [0.25, 0.3) is 5.91 Å². The predicted octanol–water partition coefficient (Wildman–Crippen LogP) is 2.00. The lowest BCUT2D eigenvalue weighted by Crippen LogP contribution is -2.57. The second-order valence-corrected chi connectivity index (χ2v) is 10.5. The highest BCUT2D eigenvalue weighted by atomic mass is 19.1. The van der Waals surface area contributed by atoms with E-state index in [4.69, 9.17) is 0 Å². The number of aromatic nitrogens is 1. The minimum Gasteiger partial charge on any atom is -0.350 e. The van der Waals surface area contributed by atoms with Gasteiger partial charge in [-0.15, -0.1) is 0 Å². The zero-order chi connectivity index (χ0) is 24.4. The molecule has 0 bridgehead atoms. The van der Waals surface area contributed by atoms with Crippen LogP contribution in [0.3, 0.4) is 0 Å². The zero-order valence-electron chi connectivity index (χ0n) is 19.4. The van der Waals surface area contributed by atoms with E-state index in [0.29, 0.717) is 23.7 Å². The molecule has 1 saturated heterocycles. The first-order valence-electron chi connectivity index (χ1n) is 11.8. The first-order valence-corrected chi connectivity index (χ1v) is 11.8. The lowest BCUT2D eigenvalue weighted by atomic mass is 9.99. The number of carbonyl (C=O) groups is 4. The Hall–Kier alpha value is -3.23. The number of hydrogen-bond acceptors (Lipinski definition) is 4. The van der Waals surface area contributed by atoms with E-state index in [1.54, 1.807) is 24.0 Å². The Morgan fingerprint density at radius 1 is 1.24 bits per heavy atom. The number of H-pyrrole nitrogens is 1. The molecule has 5 atom stereocenters. The summed E-state index contributed by atoms with van der Waals surface area (Å²) in [5.41, 5.74) is 0.621. The third-order valence-corrected chi connectivity index (χ3v) is 7.84. The number of rotatable bonds is 7. The second-order valence-electron chi connectivity index (χ2n) is 10.5. The minimum atomic E-state index is -0.761. The van der Waals surface area contributed by atoms with E-state index in [1.807, 2.05) is 0 Å². The van der Waals surface area contributed by atoms with Crippen molar-refractivity contribution in [1.82, 2.24) is 20.5 Å². The van der Waals surface area contributed by atoms with Gasteiger partial charge in [-0.3, -0.25) is 14.4 Å². The molecule has 0 unspecified atom stereocenters. The number of nitrogens with one attached hydrogen (secondary N) is 3. The number of aldehydes is 1. The van der Waals surface area contributed by atoms with Crippen LogP contribution >= 0.6 is 0 Å². The molecule has 1 aromatic heterocycles. The molecular formula is C25H29FN4O4. The molecule has 34 heavy (non-hydrogen) atoms. The number of carbonyl (C=O) groups excluding carboxylic acids is 4. The number of halogens is 1. The van der Waals surface area contributed by atoms with Crippen LogP contribution in [0.15, 0.2) is 24.3 Å². The average Bonchev–Trinajstić information content (AvgIpc) is 3.57. The van der Waals surface area contributed by atoms with E-state index >= 15 is 0 Å².